The van der Waals surface area contributed by atoms with Crippen molar-refractivity contribution in [3.63, 3.8) is 0 Å². The second-order valence-corrected chi connectivity index (χ2v) is 30.7. The molecule has 10 nitrogen and oxygen atoms in total. The van der Waals surface area contributed by atoms with E-state index < -0.39 is 66.0 Å². The van der Waals surface area contributed by atoms with Crippen LogP contribution in [0.3, 0.4) is 0 Å². The van der Waals surface area contributed by atoms with E-state index in [4.69, 9.17) is 18.1 Å². The summed E-state index contributed by atoms with van der Waals surface area (Å²) in [6, 6.07) is 8.04. The first-order valence-electron chi connectivity index (χ1n) is 13.5. The number of hydrogen-bond donors (Lipinski definition) is 3. The van der Waals surface area contributed by atoms with E-state index in [1.807, 2.05) is 19.6 Å². The summed E-state index contributed by atoms with van der Waals surface area (Å²) < 4.78 is 54.0. The van der Waals surface area contributed by atoms with Gasteiger partial charge in [0.15, 0.2) is 28.2 Å². The zero-order valence-corrected chi connectivity index (χ0v) is 30.1. The van der Waals surface area contributed by atoms with Crippen molar-refractivity contribution in [1.29, 1.82) is 0 Å². The molecule has 0 fully saturated rings. The number of ketones is 2. The van der Waals surface area contributed by atoms with Gasteiger partial charge >= 0.3 is 17.1 Å². The van der Waals surface area contributed by atoms with E-state index in [0.29, 0.717) is 19.0 Å². The summed E-state index contributed by atoms with van der Waals surface area (Å²) in [6.45, 7) is 19.2. The lowest BCUT2D eigenvalue weighted by atomic mass is 9.82. The van der Waals surface area contributed by atoms with E-state index in [1.165, 1.54) is 6.07 Å². The molecule has 0 aliphatic heterocycles. The maximum Gasteiger partial charge on any atom is 0.315 e. The Morgan fingerprint density at radius 1 is 0.829 bits per heavy atom. The molecule has 226 valence electrons. The van der Waals surface area contributed by atoms with Crippen molar-refractivity contribution >= 4 is 66.8 Å². The molecular weight excluding hydrogens is 613 g/mol. The van der Waals surface area contributed by atoms with Crippen LogP contribution in [0.4, 0.5) is 11.4 Å². The Morgan fingerprint density at radius 3 is 1.83 bits per heavy atom. The van der Waals surface area contributed by atoms with Crippen molar-refractivity contribution in [3.8, 4) is 0 Å². The van der Waals surface area contributed by atoms with Crippen LogP contribution in [0.25, 0.3) is 0 Å². The molecular formula is C26H42N2O8SSi4. The molecule has 0 spiro atoms. The highest BCUT2D eigenvalue weighted by Crippen LogP contribution is 2.39. The van der Waals surface area contributed by atoms with Gasteiger partial charge in [-0.05, 0) is 77.5 Å². The first-order valence-corrected chi connectivity index (χ1v) is 27.1. The number of fused-ring (bicyclic) bond motifs is 2. The molecule has 0 amide bonds. The van der Waals surface area contributed by atoms with Gasteiger partial charge in [-0.3, -0.25) is 14.1 Å². The lowest BCUT2D eigenvalue weighted by Crippen LogP contribution is -2.56. The van der Waals surface area contributed by atoms with Crippen LogP contribution in [0, 0.1) is 0 Å². The number of carbonyl (C=O) groups is 2. The van der Waals surface area contributed by atoms with E-state index in [-0.39, 0.29) is 27.9 Å². The number of anilines is 2. The number of hydrogen-bond acceptors (Lipinski definition) is 9. The summed E-state index contributed by atoms with van der Waals surface area (Å²) in [6.07, 6.45) is 0.573. The molecule has 2 aromatic rings. The molecule has 0 bridgehead atoms. The highest BCUT2D eigenvalue weighted by Gasteiger charge is 2.44. The molecule has 2 aromatic carbocycles. The van der Waals surface area contributed by atoms with Crippen molar-refractivity contribution < 1.29 is 34.9 Å². The molecule has 4 N–H and O–H groups in total. The van der Waals surface area contributed by atoms with Gasteiger partial charge in [-0.15, -0.1) is 0 Å². The normalized spacial score (nSPS) is 15.8. The number of nitrogens with one attached hydrogen (secondary N) is 1. The molecule has 0 aromatic heterocycles. The fourth-order valence-electron chi connectivity index (χ4n) is 5.33. The Morgan fingerprint density at radius 2 is 1.34 bits per heavy atom. The SMILES string of the molecule is C[Si](C)(C)O[Si](C)(C)O[Si](C)(CCCNc1cc(S(=O)(=O)O)c(N)c2c1C(=O)c1ccccc1C2=O)O[Si](C)(C)C. The molecule has 15 heteroatoms. The van der Waals surface area contributed by atoms with Gasteiger partial charge in [-0.25, -0.2) is 0 Å². The molecule has 1 aliphatic rings. The van der Waals surface area contributed by atoms with E-state index in [9.17, 15) is 22.6 Å². The van der Waals surface area contributed by atoms with Crippen molar-refractivity contribution in [1.82, 2.24) is 0 Å². The number of rotatable bonds is 12. The van der Waals surface area contributed by atoms with Crippen LogP contribution in [0.15, 0.2) is 35.2 Å². The predicted octanol–water partition coefficient (Wildman–Crippen LogP) is 5.59. The number of nitrogen functional groups attached to an aromatic ring is 1. The molecule has 41 heavy (non-hydrogen) atoms. The predicted molar refractivity (Wildman–Crippen MR) is 171 cm³/mol. The van der Waals surface area contributed by atoms with Crippen LogP contribution in [-0.2, 0) is 22.5 Å². The van der Waals surface area contributed by atoms with E-state index in [2.05, 4.69) is 44.6 Å². The second kappa shape index (κ2) is 11.6. The van der Waals surface area contributed by atoms with Gasteiger partial charge in [0.2, 0.25) is 0 Å². The second-order valence-electron chi connectivity index (χ2n) is 12.9. The zero-order valence-electron chi connectivity index (χ0n) is 25.3. The van der Waals surface area contributed by atoms with Crippen LogP contribution in [0.5, 0.6) is 0 Å². The lowest BCUT2D eigenvalue weighted by Gasteiger charge is -2.41. The monoisotopic (exact) mass is 654 g/mol. The first kappa shape index (κ1) is 33.5. The Balaban J connectivity index is 1.92. The van der Waals surface area contributed by atoms with E-state index >= 15 is 0 Å². The highest BCUT2D eigenvalue weighted by molar-refractivity contribution is 7.86. The quantitative estimate of drug-likeness (QED) is 0.0975. The molecule has 0 saturated carbocycles. The molecule has 3 rings (SSSR count). The number of benzene rings is 2. The minimum Gasteiger partial charge on any atom is -0.437 e. The summed E-state index contributed by atoms with van der Waals surface area (Å²) >= 11 is 0. The minimum atomic E-state index is -4.78. The van der Waals surface area contributed by atoms with E-state index in [0.717, 1.165) is 6.07 Å². The average Bonchev–Trinajstić information content (AvgIpc) is 2.76. The third kappa shape index (κ3) is 8.32. The molecule has 1 unspecified atom stereocenters. The lowest BCUT2D eigenvalue weighted by molar-refractivity contribution is 0.0980. The Kier molecular flexibility index (Phi) is 9.50. The van der Waals surface area contributed by atoms with Crippen LogP contribution in [-0.4, -0.2) is 64.8 Å². The van der Waals surface area contributed by atoms with Crippen molar-refractivity contribution in [2.45, 2.75) is 76.3 Å². The maximum atomic E-state index is 13.5. The third-order valence-electron chi connectivity index (χ3n) is 6.14. The number of carbonyl (C=O) groups excluding carboxylic acids is 2. The van der Waals surface area contributed by atoms with Gasteiger partial charge in [0.1, 0.15) is 4.90 Å². The highest BCUT2D eigenvalue weighted by atomic mass is 32.2. The molecule has 1 atom stereocenters. The summed E-state index contributed by atoms with van der Waals surface area (Å²) in [5.41, 5.74) is 5.83. The van der Waals surface area contributed by atoms with Crippen molar-refractivity contribution in [3.05, 3.63) is 52.6 Å². The zero-order chi connectivity index (χ0) is 31.2. The van der Waals surface area contributed by atoms with Gasteiger partial charge in [-0.2, -0.15) is 8.42 Å². The van der Waals surface area contributed by atoms with Crippen LogP contribution < -0.4 is 11.1 Å². The summed E-state index contributed by atoms with van der Waals surface area (Å²) in [5.74, 6) is -1.03. The summed E-state index contributed by atoms with van der Waals surface area (Å²) in [5, 5.41) is 3.14. The Hall–Kier alpha value is -1.96. The van der Waals surface area contributed by atoms with Gasteiger partial charge in [0, 0.05) is 23.4 Å². The van der Waals surface area contributed by atoms with Crippen LogP contribution in [0.1, 0.15) is 38.3 Å². The van der Waals surface area contributed by atoms with Crippen molar-refractivity contribution in [2.75, 3.05) is 17.6 Å². The van der Waals surface area contributed by atoms with Crippen LogP contribution >= 0.6 is 0 Å². The standard InChI is InChI=1S/C26H42N2O8SSi4/c1-38(2,3)34-40(7,8)36-41(9,35-39(4,5)6)16-12-15-28-20-17-21(37(31,32)33)24(27)23-22(20)25(29)18-13-10-11-14-19(18)26(23)30/h10-11,13-14,17,28H,12,15-16,27H2,1-9H3,(H,31,32,33). The van der Waals surface area contributed by atoms with Gasteiger partial charge < -0.3 is 23.4 Å². The minimum absolute atomic E-state index is 0.00900. The van der Waals surface area contributed by atoms with Crippen molar-refractivity contribution in [2.24, 2.45) is 0 Å². The van der Waals surface area contributed by atoms with Gasteiger partial charge in [-0.1, -0.05) is 24.3 Å². The fraction of sp³-hybridized carbons (Fsp3) is 0.462. The molecule has 0 heterocycles. The van der Waals surface area contributed by atoms with Gasteiger partial charge in [0.05, 0.1) is 16.8 Å². The Labute approximate surface area is 247 Å². The fourth-order valence-corrected chi connectivity index (χ4v) is 23.9. The van der Waals surface area contributed by atoms with Crippen LogP contribution in [0.2, 0.25) is 65.0 Å². The first-order chi connectivity index (χ1) is 18.5. The third-order valence-corrected chi connectivity index (χ3v) is 20.6. The smallest absolute Gasteiger partial charge is 0.315 e. The Bertz CT molecular complexity index is 1470. The molecule has 1 aliphatic carbocycles. The molecule has 0 radical (unpaired) electrons. The summed E-state index contributed by atoms with van der Waals surface area (Å²) in [4.78, 5) is 26.3. The van der Waals surface area contributed by atoms with E-state index in [1.54, 1.807) is 18.2 Å². The largest absolute Gasteiger partial charge is 0.437 e. The van der Waals surface area contributed by atoms with Gasteiger partial charge in [0.25, 0.3) is 10.1 Å². The summed E-state index contributed by atoms with van der Waals surface area (Å²) in [7, 11) is -13.8. The topological polar surface area (TPSA) is 154 Å². The molecule has 0 saturated heterocycles. The number of nitrogens with two attached hydrogens (primary N) is 1. The maximum absolute atomic E-state index is 13.5. The average molecular weight is 655 g/mol.